The fourth-order valence-electron chi connectivity index (χ4n) is 7.56. The molecule has 0 amide bonds. The molecule has 0 radical (unpaired) electrons. The van der Waals surface area contributed by atoms with Crippen LogP contribution in [-0.2, 0) is 38.3 Å². The number of carbonyl (C=O) groups excluding carboxylic acids is 1. The van der Waals surface area contributed by atoms with Gasteiger partial charge in [0.15, 0.2) is 6.29 Å². The van der Waals surface area contributed by atoms with Gasteiger partial charge < -0.3 is 34.3 Å². The zero-order valence-corrected chi connectivity index (χ0v) is 45.0. The Balaban J connectivity index is 2.37. The average molecular weight is 1030 g/mol. The molecule has 72 heavy (non-hydrogen) atoms. The summed E-state index contributed by atoms with van der Waals surface area (Å²) >= 11 is 0. The van der Waals surface area contributed by atoms with Crippen molar-refractivity contribution in [2.24, 2.45) is 0 Å². The van der Waals surface area contributed by atoms with Crippen LogP contribution in [0.2, 0.25) is 0 Å². The van der Waals surface area contributed by atoms with E-state index in [1.807, 2.05) is 0 Å². The second-order valence-electron chi connectivity index (χ2n) is 18.1. The highest BCUT2D eigenvalue weighted by molar-refractivity contribution is 7.80. The summed E-state index contributed by atoms with van der Waals surface area (Å²) in [6.07, 6.45) is 61.0. The Morgan fingerprint density at radius 2 is 0.917 bits per heavy atom. The van der Waals surface area contributed by atoms with Crippen molar-refractivity contribution >= 4 is 16.4 Å². The Morgan fingerprint density at radius 1 is 0.528 bits per heavy atom. The maximum atomic E-state index is 12.9. The van der Waals surface area contributed by atoms with E-state index in [0.29, 0.717) is 13.0 Å². The van der Waals surface area contributed by atoms with Crippen molar-refractivity contribution in [3.8, 4) is 0 Å². The summed E-state index contributed by atoms with van der Waals surface area (Å²) in [6, 6.07) is 0. The summed E-state index contributed by atoms with van der Waals surface area (Å²) in [6.45, 7) is 3.60. The van der Waals surface area contributed by atoms with Gasteiger partial charge in [-0.25, -0.2) is 4.18 Å². The van der Waals surface area contributed by atoms with Crippen LogP contribution in [0.5, 0.6) is 0 Å². The van der Waals surface area contributed by atoms with Crippen LogP contribution in [0.4, 0.5) is 0 Å². The molecule has 1 aliphatic rings. The van der Waals surface area contributed by atoms with Crippen molar-refractivity contribution in [3.05, 3.63) is 122 Å². The Bertz CT molecular complexity index is 1710. The van der Waals surface area contributed by atoms with E-state index >= 15 is 0 Å². The van der Waals surface area contributed by atoms with E-state index in [2.05, 4.69) is 140 Å². The first-order valence-corrected chi connectivity index (χ1v) is 28.7. The van der Waals surface area contributed by atoms with Gasteiger partial charge >= 0.3 is 16.4 Å². The molecule has 410 valence electrons. The third kappa shape index (κ3) is 40.9. The van der Waals surface area contributed by atoms with Crippen molar-refractivity contribution in [3.63, 3.8) is 0 Å². The monoisotopic (exact) mass is 1030 g/mol. The van der Waals surface area contributed by atoms with Gasteiger partial charge in [-0.3, -0.25) is 9.35 Å². The summed E-state index contributed by atoms with van der Waals surface area (Å²) in [7, 11) is -5.08. The fraction of sp³-hybridized carbons (Fsp3) is 0.644. The Labute approximate surface area is 436 Å². The number of carbonyl (C=O) groups is 1. The molecule has 0 bridgehead atoms. The topological polar surface area (TPSA) is 178 Å². The highest BCUT2D eigenvalue weighted by Crippen LogP contribution is 2.26. The van der Waals surface area contributed by atoms with Crippen molar-refractivity contribution in [1.82, 2.24) is 0 Å². The van der Waals surface area contributed by atoms with Gasteiger partial charge in [0.1, 0.15) is 30.5 Å². The molecule has 0 saturated carbocycles. The van der Waals surface area contributed by atoms with E-state index in [1.54, 1.807) is 0 Å². The highest BCUT2D eigenvalue weighted by Gasteiger charge is 2.48. The lowest BCUT2D eigenvalue weighted by atomic mass is 9.99. The summed E-state index contributed by atoms with van der Waals surface area (Å²) < 4.78 is 59.3. The van der Waals surface area contributed by atoms with E-state index in [9.17, 15) is 33.1 Å². The van der Waals surface area contributed by atoms with Gasteiger partial charge in [0.05, 0.1) is 19.8 Å². The van der Waals surface area contributed by atoms with Gasteiger partial charge in [0, 0.05) is 13.0 Å². The second-order valence-corrected chi connectivity index (χ2v) is 19.1. The van der Waals surface area contributed by atoms with Crippen LogP contribution in [-0.4, -0.2) is 97.5 Å². The quantitative estimate of drug-likeness (QED) is 0.0197. The molecule has 6 atom stereocenters. The zero-order valence-electron chi connectivity index (χ0n) is 44.2. The highest BCUT2D eigenvalue weighted by atomic mass is 32.3. The third-order valence-corrected chi connectivity index (χ3v) is 12.0. The molecule has 1 aliphatic heterocycles. The average Bonchev–Trinajstić information content (AvgIpc) is 3.36. The Kier molecular flexibility index (Phi) is 44.7. The van der Waals surface area contributed by atoms with E-state index in [0.717, 1.165) is 103 Å². The van der Waals surface area contributed by atoms with Crippen molar-refractivity contribution in [2.45, 2.75) is 218 Å². The predicted molar refractivity (Wildman–Crippen MR) is 294 cm³/mol. The largest absolute Gasteiger partial charge is 0.457 e. The second kappa shape index (κ2) is 48.4. The Hall–Kier alpha value is -3.50. The Morgan fingerprint density at radius 3 is 1.33 bits per heavy atom. The molecule has 4 N–H and O–H groups in total. The number of aliphatic hydroxyl groups is 3. The number of hydrogen-bond donors (Lipinski definition) is 4. The molecule has 1 saturated heterocycles. The number of ether oxygens (including phenoxy) is 4. The van der Waals surface area contributed by atoms with Crippen molar-refractivity contribution in [2.75, 3.05) is 26.4 Å². The molecule has 0 spiro atoms. The fourth-order valence-corrected chi connectivity index (χ4v) is 8.07. The summed E-state index contributed by atoms with van der Waals surface area (Å²) in [5.74, 6) is -0.426. The molecule has 1 heterocycles. The first-order chi connectivity index (χ1) is 35.1. The molecule has 0 aliphatic carbocycles. The number of aliphatic hydroxyl groups excluding tert-OH is 3. The van der Waals surface area contributed by atoms with Crippen LogP contribution in [0.1, 0.15) is 181 Å². The summed E-state index contributed by atoms with van der Waals surface area (Å²) in [4.78, 5) is 12.9. The van der Waals surface area contributed by atoms with Gasteiger partial charge in [-0.05, 0) is 96.3 Å². The number of rotatable bonds is 46. The molecule has 6 unspecified atom stereocenters. The van der Waals surface area contributed by atoms with Crippen LogP contribution in [0.15, 0.2) is 122 Å². The van der Waals surface area contributed by atoms with Gasteiger partial charge in [-0.1, -0.05) is 200 Å². The maximum absolute atomic E-state index is 12.9. The van der Waals surface area contributed by atoms with Crippen LogP contribution in [0, 0.1) is 0 Å². The van der Waals surface area contributed by atoms with Crippen LogP contribution < -0.4 is 0 Å². The molecule has 1 fully saturated rings. The minimum absolute atomic E-state index is 0.0126. The van der Waals surface area contributed by atoms with Crippen LogP contribution in [0.25, 0.3) is 0 Å². The lowest BCUT2D eigenvalue weighted by molar-refractivity contribution is -0.301. The first kappa shape index (κ1) is 66.5. The van der Waals surface area contributed by atoms with Gasteiger partial charge in [0.25, 0.3) is 0 Å². The molecule has 1 rings (SSSR count). The van der Waals surface area contributed by atoms with E-state index < -0.39 is 59.8 Å². The third-order valence-electron chi connectivity index (χ3n) is 11.6. The molecule has 13 heteroatoms. The van der Waals surface area contributed by atoms with Gasteiger partial charge in [0.2, 0.25) is 0 Å². The number of esters is 1. The molecule has 12 nitrogen and oxygen atoms in total. The van der Waals surface area contributed by atoms with Gasteiger partial charge in [-0.2, -0.15) is 8.42 Å². The standard InChI is InChI=1S/C59H96O12S/c1-3-5-7-9-11-13-15-17-19-21-23-25-26-27-28-29-30-32-34-36-38-40-42-44-46-48-55(61)69-53(52-68-59-57(63)58(71-72(64,65)66)56(62)54(50-60)70-59)51-67-49-47-45-43-41-39-37-35-33-31-24-22-20-18-16-14-12-10-8-6-4-2/h5-8,11-14,17-20,23-25,31,35,37,41,43,53-54,56-60,62-63H,3-4,9-10,15-16,21-22,26-30,32-34,36,38-40,42,44-52H2,1-2H3,(H,64,65,66)/b7-5-,8-6-,13-11-,14-12-,19-17-,20-18-,25-23-,31-24-,37-35-,43-41-. The smallest absolute Gasteiger partial charge is 0.397 e. The summed E-state index contributed by atoms with van der Waals surface area (Å²) in [5.41, 5.74) is 0. The normalized spacial score (nSPS) is 19.9. The van der Waals surface area contributed by atoms with Crippen molar-refractivity contribution < 1.29 is 56.2 Å². The maximum Gasteiger partial charge on any atom is 0.397 e. The molecule has 0 aromatic carbocycles. The minimum Gasteiger partial charge on any atom is -0.457 e. The number of allylic oxidation sites excluding steroid dienone is 20. The van der Waals surface area contributed by atoms with E-state index in [4.69, 9.17) is 18.9 Å². The molecular formula is C59H96O12S. The first-order valence-electron chi connectivity index (χ1n) is 27.3. The van der Waals surface area contributed by atoms with Crippen LogP contribution in [0.3, 0.4) is 0 Å². The van der Waals surface area contributed by atoms with E-state index in [1.165, 1.54) is 51.4 Å². The summed E-state index contributed by atoms with van der Waals surface area (Å²) in [5, 5.41) is 30.8. The number of unbranched alkanes of at least 4 members (excludes halogenated alkanes) is 13. The van der Waals surface area contributed by atoms with Crippen LogP contribution >= 0.6 is 0 Å². The molecule has 0 aromatic rings. The molecule has 0 aromatic heterocycles. The lowest BCUT2D eigenvalue weighted by Gasteiger charge is -2.41. The number of hydrogen-bond acceptors (Lipinski definition) is 11. The predicted octanol–water partition coefficient (Wildman–Crippen LogP) is 13.3. The lowest BCUT2D eigenvalue weighted by Crippen LogP contribution is -2.60. The zero-order chi connectivity index (χ0) is 52.4. The van der Waals surface area contributed by atoms with Gasteiger partial charge in [-0.15, -0.1) is 0 Å². The minimum atomic E-state index is -5.08. The molecular weight excluding hydrogens is 933 g/mol. The SMILES string of the molecule is CC/C=C\C/C=C\C/C=C\C/C=C\C/C=C\C/C=C\CCCOCC(COC1OC(CO)C(O)C(OS(=O)(=O)O)C1O)OC(=O)CCCCCCCCCCCCCC/C=C\C/C=C\C/C=C\C/C=C\CC. The van der Waals surface area contributed by atoms with E-state index in [-0.39, 0.29) is 19.6 Å². The van der Waals surface area contributed by atoms with Crippen molar-refractivity contribution in [1.29, 1.82) is 0 Å².